The summed E-state index contributed by atoms with van der Waals surface area (Å²) < 4.78 is 8.62. The van der Waals surface area contributed by atoms with E-state index >= 15 is 0 Å². The second-order valence-electron chi connectivity index (χ2n) is 4.48. The minimum absolute atomic E-state index is 0.0425. The molecule has 0 spiro atoms. The Kier molecular flexibility index (Phi) is 7.95. The maximum Gasteiger partial charge on any atom is 0.363 e. The molecule has 2 atom stereocenters. The Labute approximate surface area is 145 Å². The molecule has 21 heavy (non-hydrogen) atoms. The average Bonchev–Trinajstić information content (AvgIpc) is 2.37. The molecule has 0 aliphatic carbocycles. The molecule has 0 amide bonds. The minimum Gasteiger partial charge on any atom is -0.465 e. The highest BCUT2D eigenvalue weighted by molar-refractivity contribution is 8.00. The van der Waals surface area contributed by atoms with Crippen molar-refractivity contribution in [1.82, 2.24) is 5.53 Å². The zero-order valence-corrected chi connectivity index (χ0v) is 15.3. The molecular formula is C10H17N3O4S4. The second kappa shape index (κ2) is 8.17. The normalized spacial score (nSPS) is 16.2. The van der Waals surface area contributed by atoms with Gasteiger partial charge in [0, 0.05) is 0 Å². The van der Waals surface area contributed by atoms with Gasteiger partial charge in [0.2, 0.25) is 13.1 Å². The summed E-state index contributed by atoms with van der Waals surface area (Å²) >= 11 is 20.0. The van der Waals surface area contributed by atoms with Crippen molar-refractivity contribution in [3.05, 3.63) is 0 Å². The van der Waals surface area contributed by atoms with E-state index in [2.05, 4.69) is 15.0 Å². The number of likely N-dealkylation sites (N-methyl/N-ethyl adjacent to an activating group) is 2. The van der Waals surface area contributed by atoms with Crippen molar-refractivity contribution in [3.63, 3.8) is 0 Å². The first-order valence-electron chi connectivity index (χ1n) is 5.58. The summed E-state index contributed by atoms with van der Waals surface area (Å²) in [7, 11) is 5.62. The number of esters is 2. The molecule has 0 heterocycles. The fourth-order valence-corrected chi connectivity index (χ4v) is 1.84. The predicted molar refractivity (Wildman–Crippen MR) is 89.2 cm³/mol. The van der Waals surface area contributed by atoms with Crippen LogP contribution in [0.3, 0.4) is 0 Å². The van der Waals surface area contributed by atoms with E-state index in [0.717, 1.165) is 0 Å². The topological polar surface area (TPSA) is 64.6 Å². The summed E-state index contributed by atoms with van der Waals surface area (Å²) in [5.74, 6) is -1.06. The van der Waals surface area contributed by atoms with Crippen LogP contribution in [0, 0.1) is 0 Å². The first-order valence-corrected chi connectivity index (χ1v) is 7.21. The fraction of sp³-hybridized carbons (Fsp3) is 0.600. The van der Waals surface area contributed by atoms with Gasteiger partial charge in [-0.15, -0.1) is 0 Å². The molecule has 7 nitrogen and oxygen atoms in total. The molecule has 0 aromatic heterocycles. The molecule has 0 aliphatic rings. The molecule has 0 aliphatic heterocycles. The summed E-state index contributed by atoms with van der Waals surface area (Å²) in [6.45, 7) is -0.350. The standard InChI is InChI=1S/C10H17N3O4S4/c1-12(9(18)19,5-7(14)16-3)11-13(2,10(20)21)6-8(15)17-4/h11H,5-6H2,1-4H3. The lowest BCUT2D eigenvalue weighted by Crippen LogP contribution is -2.74. The van der Waals surface area contributed by atoms with Crippen LogP contribution in [0.25, 0.3) is 0 Å². The van der Waals surface area contributed by atoms with Crippen LogP contribution in [0.5, 0.6) is 0 Å². The molecule has 0 saturated carbocycles. The van der Waals surface area contributed by atoms with Crippen LogP contribution in [0.1, 0.15) is 0 Å². The molecule has 0 saturated heterocycles. The highest BCUT2D eigenvalue weighted by Gasteiger charge is 2.38. The zero-order valence-electron chi connectivity index (χ0n) is 12.1. The van der Waals surface area contributed by atoms with Gasteiger partial charge < -0.3 is 59.2 Å². The van der Waals surface area contributed by atoms with Crippen LogP contribution in [-0.4, -0.2) is 71.2 Å². The number of carbonyl (C=O) groups is 2. The molecule has 0 bridgehead atoms. The summed E-state index contributed by atoms with van der Waals surface area (Å²) in [6.07, 6.45) is 0. The van der Waals surface area contributed by atoms with Gasteiger partial charge in [0.25, 0.3) is 0 Å². The third-order valence-corrected chi connectivity index (χ3v) is 4.21. The van der Waals surface area contributed by atoms with E-state index < -0.39 is 11.9 Å². The summed E-state index contributed by atoms with van der Waals surface area (Å²) in [4.78, 5) is 23.0. The molecule has 0 rings (SSSR count). The quantitative estimate of drug-likeness (QED) is 0.215. The number of carbonyl (C=O) groups excluding carboxylic acids is 2. The van der Waals surface area contributed by atoms with Crippen LogP contribution in [0.4, 0.5) is 0 Å². The Morgan fingerprint density at radius 3 is 1.43 bits per heavy atom. The monoisotopic (exact) mass is 371 g/mol. The van der Waals surface area contributed by atoms with Crippen LogP contribution in [0.15, 0.2) is 0 Å². The molecule has 0 aromatic carbocycles. The molecule has 2 unspecified atom stereocenters. The van der Waals surface area contributed by atoms with E-state index in [-0.39, 0.29) is 30.9 Å². The second-order valence-corrected chi connectivity index (χ2v) is 6.55. The van der Waals surface area contributed by atoms with Crippen molar-refractivity contribution < 1.29 is 28.2 Å². The Balaban J connectivity index is 5.43. The maximum absolute atomic E-state index is 11.5. The van der Waals surface area contributed by atoms with Crippen LogP contribution >= 0.6 is 24.4 Å². The Morgan fingerprint density at radius 1 is 0.952 bits per heavy atom. The first-order chi connectivity index (χ1) is 9.50. The van der Waals surface area contributed by atoms with E-state index in [1.165, 1.54) is 14.2 Å². The third-order valence-electron chi connectivity index (χ3n) is 2.59. The number of nitrogens with zero attached hydrogens (tertiary/aromatic N) is 2. The molecule has 120 valence electrons. The highest BCUT2D eigenvalue weighted by Crippen LogP contribution is 2.09. The van der Waals surface area contributed by atoms with Gasteiger partial charge in [0.05, 0.1) is 37.0 Å². The average molecular weight is 372 g/mol. The van der Waals surface area contributed by atoms with Crippen molar-refractivity contribution in [2.75, 3.05) is 41.4 Å². The lowest BCUT2D eigenvalue weighted by Gasteiger charge is -2.43. The van der Waals surface area contributed by atoms with Gasteiger partial charge in [-0.2, -0.15) is 9.18 Å². The number of thiocarbonyl (C=S) groups is 2. The van der Waals surface area contributed by atoms with Crippen molar-refractivity contribution in [1.29, 1.82) is 0 Å². The predicted octanol–water partition coefficient (Wildman–Crippen LogP) is -0.691. The molecule has 11 heteroatoms. The van der Waals surface area contributed by atoms with E-state index in [1.807, 2.05) is 0 Å². The Bertz CT molecular complexity index is 422. The van der Waals surface area contributed by atoms with E-state index in [9.17, 15) is 9.59 Å². The van der Waals surface area contributed by atoms with Gasteiger partial charge in [-0.05, 0) is 5.53 Å². The van der Waals surface area contributed by atoms with Crippen molar-refractivity contribution >= 4 is 70.3 Å². The Hall–Kier alpha value is -0.560. The number of quaternary nitrogens is 2. The smallest absolute Gasteiger partial charge is 0.363 e. The summed E-state index contributed by atoms with van der Waals surface area (Å²) in [5.41, 5.74) is 2.92. The van der Waals surface area contributed by atoms with Gasteiger partial charge in [-0.3, -0.25) is 0 Å². The van der Waals surface area contributed by atoms with Crippen LogP contribution < -0.4 is 5.53 Å². The van der Waals surface area contributed by atoms with E-state index in [1.54, 1.807) is 14.1 Å². The van der Waals surface area contributed by atoms with Crippen LogP contribution in [-0.2, 0) is 44.3 Å². The molecule has 0 radical (unpaired) electrons. The minimum atomic E-state index is -0.530. The molecule has 1 N–H and O–H groups in total. The fourth-order valence-electron chi connectivity index (χ4n) is 1.41. The van der Waals surface area contributed by atoms with Gasteiger partial charge >= 0.3 is 11.9 Å². The Morgan fingerprint density at radius 2 is 1.24 bits per heavy atom. The number of ether oxygens (including phenoxy) is 2. The van der Waals surface area contributed by atoms with Crippen molar-refractivity contribution in [2.24, 2.45) is 0 Å². The summed E-state index contributed by atoms with van der Waals surface area (Å²) in [5, 5.41) is 0. The number of hydrogen-bond donors (Lipinski definition) is 1. The van der Waals surface area contributed by atoms with E-state index in [4.69, 9.17) is 49.7 Å². The third kappa shape index (κ3) is 5.98. The largest absolute Gasteiger partial charge is 0.465 e. The van der Waals surface area contributed by atoms with Gasteiger partial charge in [0.15, 0.2) is 0 Å². The number of nitrogens with one attached hydrogen (secondary N) is 1. The molecule has 0 fully saturated rings. The van der Waals surface area contributed by atoms with Crippen molar-refractivity contribution in [3.8, 4) is 0 Å². The summed E-state index contributed by atoms with van der Waals surface area (Å²) in [6, 6.07) is 0. The number of rotatable bonds is 6. The lowest BCUT2D eigenvalue weighted by atomic mass is 10.5. The molecule has 0 aromatic rings. The lowest BCUT2D eigenvalue weighted by molar-refractivity contribution is -1.06. The SMILES string of the molecule is COC(=O)C[N+](C)(N[N+](C)(CC(=O)OC)C(=S)[S-])C(=S)[S-]. The highest BCUT2D eigenvalue weighted by atomic mass is 32.1. The first kappa shape index (κ1) is 20.4. The van der Waals surface area contributed by atoms with Gasteiger partial charge in [-0.1, -0.05) is 0 Å². The zero-order chi connectivity index (χ0) is 16.8. The van der Waals surface area contributed by atoms with Crippen LogP contribution in [0.2, 0.25) is 0 Å². The molecular weight excluding hydrogens is 354 g/mol. The van der Waals surface area contributed by atoms with Gasteiger partial charge in [-0.25, -0.2) is 9.59 Å². The number of hydrogen-bond acceptors (Lipinski definition) is 9. The van der Waals surface area contributed by atoms with Crippen molar-refractivity contribution in [2.45, 2.75) is 0 Å². The van der Waals surface area contributed by atoms with Gasteiger partial charge in [0.1, 0.15) is 0 Å². The van der Waals surface area contributed by atoms with E-state index in [0.29, 0.717) is 0 Å². The number of methoxy groups -OCH3 is 2. The maximum atomic E-state index is 11.5.